The van der Waals surface area contributed by atoms with Gasteiger partial charge < -0.3 is 15.8 Å². The molecule has 0 unspecified atom stereocenters. The van der Waals surface area contributed by atoms with Gasteiger partial charge in [-0.25, -0.2) is 12.7 Å². The Kier molecular flexibility index (Phi) is 6.88. The van der Waals surface area contributed by atoms with Gasteiger partial charge in [-0.15, -0.1) is 24.0 Å². The number of rotatable bonds is 5. The minimum atomic E-state index is -3.07. The lowest BCUT2D eigenvalue weighted by molar-refractivity contribution is 0.209. The van der Waals surface area contributed by atoms with Crippen molar-refractivity contribution >= 4 is 45.6 Å². The zero-order chi connectivity index (χ0) is 15.5. The molecule has 1 aromatic rings. The third-order valence-electron chi connectivity index (χ3n) is 3.27. The van der Waals surface area contributed by atoms with E-state index in [0.29, 0.717) is 25.6 Å². The Bertz CT molecular complexity index is 613. The van der Waals surface area contributed by atoms with Crippen molar-refractivity contribution in [3.63, 3.8) is 0 Å². The fourth-order valence-corrected chi connectivity index (χ4v) is 2.96. The van der Waals surface area contributed by atoms with Crippen LogP contribution in [0.3, 0.4) is 0 Å². The molecule has 0 aromatic heterocycles. The van der Waals surface area contributed by atoms with Crippen molar-refractivity contribution in [2.75, 3.05) is 38.3 Å². The van der Waals surface area contributed by atoms with Gasteiger partial charge in [-0.05, 0) is 24.3 Å². The molecule has 124 valence electrons. The second-order valence-corrected chi connectivity index (χ2v) is 7.01. The van der Waals surface area contributed by atoms with Crippen molar-refractivity contribution in [2.24, 2.45) is 16.6 Å². The lowest BCUT2D eigenvalue weighted by atomic mass is 10.0. The van der Waals surface area contributed by atoms with E-state index in [0.717, 1.165) is 11.4 Å². The summed E-state index contributed by atoms with van der Waals surface area (Å²) in [5.74, 6) is 1.32. The molecule has 1 heterocycles. The lowest BCUT2D eigenvalue weighted by Gasteiger charge is -2.36. The van der Waals surface area contributed by atoms with Crippen LogP contribution in [0.25, 0.3) is 0 Å². The molecule has 7 nitrogen and oxygen atoms in total. The Morgan fingerprint density at radius 3 is 2.50 bits per heavy atom. The number of anilines is 1. The van der Waals surface area contributed by atoms with Crippen LogP contribution in [0, 0.1) is 5.92 Å². The molecule has 2 rings (SSSR count). The molecule has 0 saturated carbocycles. The van der Waals surface area contributed by atoms with Gasteiger partial charge in [0.25, 0.3) is 0 Å². The average molecular weight is 440 g/mol. The number of hydrogen-bond acceptors (Lipinski definition) is 4. The number of nitrogens with two attached hydrogens (primary N) is 1. The predicted molar refractivity (Wildman–Crippen MR) is 98.4 cm³/mol. The van der Waals surface area contributed by atoms with Gasteiger partial charge in [0.05, 0.1) is 13.4 Å². The van der Waals surface area contributed by atoms with Gasteiger partial charge in [-0.3, -0.25) is 4.99 Å². The van der Waals surface area contributed by atoms with E-state index in [4.69, 9.17) is 10.5 Å². The Morgan fingerprint density at radius 2 is 2.00 bits per heavy atom. The molecule has 0 radical (unpaired) electrons. The normalized spacial score (nSPS) is 16.5. The van der Waals surface area contributed by atoms with Crippen LogP contribution in [0.4, 0.5) is 5.69 Å². The van der Waals surface area contributed by atoms with Crippen LogP contribution in [0.1, 0.15) is 0 Å². The van der Waals surface area contributed by atoms with Gasteiger partial charge in [-0.2, -0.15) is 0 Å². The van der Waals surface area contributed by atoms with Crippen molar-refractivity contribution in [2.45, 2.75) is 0 Å². The summed E-state index contributed by atoms with van der Waals surface area (Å²) >= 11 is 0. The molecule has 0 amide bonds. The maximum Gasteiger partial charge on any atom is 0.211 e. The highest BCUT2D eigenvalue weighted by atomic mass is 127. The number of aliphatic imine (C=N–C) groups is 1. The van der Waals surface area contributed by atoms with Crippen LogP contribution in [-0.2, 0) is 10.0 Å². The van der Waals surface area contributed by atoms with E-state index in [1.54, 1.807) is 7.11 Å². The largest absolute Gasteiger partial charge is 0.497 e. The van der Waals surface area contributed by atoms with E-state index < -0.39 is 10.0 Å². The van der Waals surface area contributed by atoms with E-state index in [1.165, 1.54) is 10.6 Å². The Labute approximate surface area is 148 Å². The van der Waals surface area contributed by atoms with Crippen LogP contribution in [-0.4, -0.2) is 51.7 Å². The van der Waals surface area contributed by atoms with Crippen LogP contribution < -0.4 is 15.8 Å². The summed E-state index contributed by atoms with van der Waals surface area (Å²) in [6, 6.07) is 7.34. The summed E-state index contributed by atoms with van der Waals surface area (Å²) < 4.78 is 29.0. The van der Waals surface area contributed by atoms with Gasteiger partial charge >= 0.3 is 0 Å². The molecule has 1 fully saturated rings. The number of ether oxygens (including phenoxy) is 1. The molecule has 1 aromatic carbocycles. The topological polar surface area (TPSA) is 97.0 Å². The Morgan fingerprint density at radius 1 is 1.41 bits per heavy atom. The number of nitrogens with one attached hydrogen (secondary N) is 1. The number of hydrogen-bond donors (Lipinski definition) is 2. The van der Waals surface area contributed by atoms with Crippen LogP contribution in [0.15, 0.2) is 29.3 Å². The highest BCUT2D eigenvalue weighted by Crippen LogP contribution is 2.19. The van der Waals surface area contributed by atoms with Gasteiger partial charge in [0.1, 0.15) is 5.75 Å². The first kappa shape index (κ1) is 19.0. The SMILES string of the molecule is COc1ccc(NC(N)=NCC2CN(S(C)(=O)=O)C2)cc1.I. The molecular weight excluding hydrogens is 419 g/mol. The summed E-state index contributed by atoms with van der Waals surface area (Å²) in [7, 11) is -1.46. The molecule has 0 aliphatic carbocycles. The van der Waals surface area contributed by atoms with Crippen LogP contribution >= 0.6 is 24.0 Å². The van der Waals surface area contributed by atoms with Gasteiger partial charge in [0.15, 0.2) is 5.96 Å². The predicted octanol–water partition coefficient (Wildman–Crippen LogP) is 0.931. The van der Waals surface area contributed by atoms with Crippen molar-refractivity contribution in [3.8, 4) is 5.75 Å². The molecule has 9 heteroatoms. The van der Waals surface area contributed by atoms with Crippen molar-refractivity contribution < 1.29 is 13.2 Å². The average Bonchev–Trinajstić information content (AvgIpc) is 2.36. The molecule has 22 heavy (non-hydrogen) atoms. The molecule has 0 spiro atoms. The zero-order valence-corrected chi connectivity index (χ0v) is 15.7. The highest BCUT2D eigenvalue weighted by Gasteiger charge is 2.32. The van der Waals surface area contributed by atoms with Gasteiger partial charge in [-0.1, -0.05) is 0 Å². The van der Waals surface area contributed by atoms with E-state index >= 15 is 0 Å². The first-order valence-corrected chi connectivity index (χ1v) is 8.39. The first-order valence-electron chi connectivity index (χ1n) is 6.54. The smallest absolute Gasteiger partial charge is 0.211 e. The zero-order valence-electron chi connectivity index (χ0n) is 12.5. The van der Waals surface area contributed by atoms with Crippen LogP contribution in [0.5, 0.6) is 5.75 Å². The lowest BCUT2D eigenvalue weighted by Crippen LogP contribution is -2.50. The fourth-order valence-electron chi connectivity index (χ4n) is 2.00. The third kappa shape index (κ3) is 5.29. The molecule has 1 aliphatic rings. The second kappa shape index (κ2) is 7.97. The summed E-state index contributed by atoms with van der Waals surface area (Å²) in [6.45, 7) is 1.54. The maximum absolute atomic E-state index is 11.2. The number of benzene rings is 1. The van der Waals surface area contributed by atoms with Gasteiger partial charge in [0, 0.05) is 31.2 Å². The fraction of sp³-hybridized carbons (Fsp3) is 0.462. The molecule has 3 N–H and O–H groups in total. The Balaban J connectivity index is 0.00000242. The number of nitrogens with zero attached hydrogens (tertiary/aromatic N) is 2. The van der Waals surface area contributed by atoms with Crippen molar-refractivity contribution in [1.29, 1.82) is 0 Å². The highest BCUT2D eigenvalue weighted by molar-refractivity contribution is 14.0. The minimum Gasteiger partial charge on any atom is -0.497 e. The van der Waals surface area contributed by atoms with Crippen LogP contribution in [0.2, 0.25) is 0 Å². The standard InChI is InChI=1S/C13H20N4O3S.HI/c1-20-12-5-3-11(4-6-12)16-13(14)15-7-10-8-17(9-10)21(2,18)19;/h3-6,10H,7-9H2,1-2H3,(H3,14,15,16);1H. The number of sulfonamides is 1. The number of guanidine groups is 1. The summed E-state index contributed by atoms with van der Waals surface area (Å²) in [5.41, 5.74) is 6.62. The Hall–Kier alpha value is -1.07. The number of halogens is 1. The molecule has 0 atom stereocenters. The first-order chi connectivity index (χ1) is 9.88. The van der Waals surface area contributed by atoms with Crippen molar-refractivity contribution in [3.05, 3.63) is 24.3 Å². The quantitative estimate of drug-likeness (QED) is 0.404. The molecule has 1 aliphatic heterocycles. The summed E-state index contributed by atoms with van der Waals surface area (Å²) in [5, 5.41) is 2.98. The van der Waals surface area contributed by atoms with E-state index in [-0.39, 0.29) is 29.9 Å². The summed E-state index contributed by atoms with van der Waals surface area (Å²) in [4.78, 5) is 4.23. The van der Waals surface area contributed by atoms with Gasteiger partial charge in [0.2, 0.25) is 10.0 Å². The molecule has 0 bridgehead atoms. The maximum atomic E-state index is 11.2. The van der Waals surface area contributed by atoms with E-state index in [1.807, 2.05) is 24.3 Å². The van der Waals surface area contributed by atoms with E-state index in [9.17, 15) is 8.42 Å². The molecular formula is C13H21IN4O3S. The van der Waals surface area contributed by atoms with Crippen molar-refractivity contribution in [1.82, 2.24) is 4.31 Å². The van der Waals surface area contributed by atoms with E-state index in [2.05, 4.69) is 10.3 Å². The minimum absolute atomic E-state index is 0. The summed E-state index contributed by atoms with van der Waals surface area (Å²) in [6.07, 6.45) is 1.21. The molecule has 1 saturated heterocycles. The third-order valence-corrected chi connectivity index (χ3v) is 4.51. The number of methoxy groups -OCH3 is 1. The second-order valence-electron chi connectivity index (χ2n) is 5.03. The monoisotopic (exact) mass is 440 g/mol.